The molecule has 0 bridgehead atoms. The van der Waals surface area contributed by atoms with E-state index in [1.807, 2.05) is 0 Å². The Morgan fingerprint density at radius 2 is 1.77 bits per heavy atom. The van der Waals surface area contributed by atoms with Crippen LogP contribution in [0.4, 0.5) is 5.69 Å². The van der Waals surface area contributed by atoms with Crippen LogP contribution >= 0.6 is 0 Å². The molecule has 2 aromatic carbocycles. The Hall–Kier alpha value is -2.66. The first-order valence-corrected chi connectivity index (χ1v) is 8.99. The Morgan fingerprint density at radius 3 is 2.46 bits per heavy atom. The Labute approximate surface area is 154 Å². The maximum absolute atomic E-state index is 12.3. The average molecular weight is 351 g/mol. The van der Waals surface area contributed by atoms with Gasteiger partial charge in [-0.1, -0.05) is 24.3 Å². The monoisotopic (exact) mass is 351 g/mol. The Morgan fingerprint density at radius 1 is 1.08 bits per heavy atom. The van der Waals surface area contributed by atoms with Crippen molar-refractivity contribution in [3.8, 4) is 0 Å². The van der Waals surface area contributed by atoms with Gasteiger partial charge in [0.1, 0.15) is 0 Å². The van der Waals surface area contributed by atoms with Crippen LogP contribution in [0.1, 0.15) is 35.3 Å². The summed E-state index contributed by atoms with van der Waals surface area (Å²) in [5.74, 6) is -0.220. The van der Waals surface area contributed by atoms with Gasteiger partial charge in [-0.2, -0.15) is 0 Å². The third kappa shape index (κ3) is 4.49. The minimum Gasteiger partial charge on any atom is -0.350 e. The largest absolute Gasteiger partial charge is 0.350 e. The number of carbonyl (C=O) groups is 2. The Balaban J connectivity index is 1.52. The van der Waals surface area contributed by atoms with Crippen molar-refractivity contribution in [3.63, 3.8) is 0 Å². The van der Waals surface area contributed by atoms with Gasteiger partial charge in [0.2, 0.25) is 5.91 Å². The van der Waals surface area contributed by atoms with E-state index in [-0.39, 0.29) is 17.9 Å². The highest BCUT2D eigenvalue weighted by Crippen LogP contribution is 2.20. The number of rotatable bonds is 5. The summed E-state index contributed by atoms with van der Waals surface area (Å²) in [6.07, 6.45) is 1.05. The molecule has 2 aromatic rings. The molecule has 0 aromatic heterocycles. The second kappa shape index (κ2) is 8.15. The van der Waals surface area contributed by atoms with Crippen LogP contribution in [-0.2, 0) is 17.8 Å². The molecule has 0 radical (unpaired) electrons. The maximum atomic E-state index is 12.3. The van der Waals surface area contributed by atoms with Crippen molar-refractivity contribution in [2.75, 3.05) is 18.4 Å². The van der Waals surface area contributed by atoms with Crippen LogP contribution in [0.25, 0.3) is 0 Å². The van der Waals surface area contributed by atoms with Gasteiger partial charge < -0.3 is 10.6 Å². The summed E-state index contributed by atoms with van der Waals surface area (Å²) in [6.45, 7) is 6.15. The molecule has 136 valence electrons. The molecule has 0 saturated carbocycles. The molecule has 1 heterocycles. The third-order valence-electron chi connectivity index (χ3n) is 4.81. The van der Waals surface area contributed by atoms with Crippen LogP contribution in [0, 0.1) is 0 Å². The molecule has 0 saturated heterocycles. The van der Waals surface area contributed by atoms with E-state index >= 15 is 0 Å². The van der Waals surface area contributed by atoms with E-state index in [1.165, 1.54) is 18.1 Å². The smallest absolute Gasteiger partial charge is 0.251 e. The number of benzene rings is 2. The van der Waals surface area contributed by atoms with Gasteiger partial charge in [0.15, 0.2) is 0 Å². The standard InChI is InChI=1S/C21H25N3O2/c1-15(24-12-11-17-5-3-4-6-19(17)14-24)13-22-21(26)18-7-9-20(10-8-18)23-16(2)25/h3-10,15H,11-14H2,1-2H3,(H,22,26)(H,23,25). The highest BCUT2D eigenvalue weighted by molar-refractivity contribution is 5.95. The number of fused-ring (bicyclic) bond motifs is 1. The van der Waals surface area contributed by atoms with Crippen molar-refractivity contribution in [2.45, 2.75) is 32.9 Å². The molecule has 0 spiro atoms. The normalized spacial score (nSPS) is 15.0. The van der Waals surface area contributed by atoms with Crippen LogP contribution in [0.5, 0.6) is 0 Å². The highest BCUT2D eigenvalue weighted by Gasteiger charge is 2.20. The van der Waals surface area contributed by atoms with Crippen LogP contribution < -0.4 is 10.6 Å². The summed E-state index contributed by atoms with van der Waals surface area (Å²) in [6, 6.07) is 15.8. The van der Waals surface area contributed by atoms with E-state index in [0.717, 1.165) is 19.5 Å². The molecular formula is C21H25N3O2. The molecule has 2 amide bonds. The van der Waals surface area contributed by atoms with Gasteiger partial charge >= 0.3 is 0 Å². The predicted molar refractivity (Wildman–Crippen MR) is 103 cm³/mol. The highest BCUT2D eigenvalue weighted by atomic mass is 16.2. The van der Waals surface area contributed by atoms with Crippen molar-refractivity contribution < 1.29 is 9.59 Å². The lowest BCUT2D eigenvalue weighted by Gasteiger charge is -2.33. The lowest BCUT2D eigenvalue weighted by Crippen LogP contribution is -2.44. The maximum Gasteiger partial charge on any atom is 0.251 e. The van der Waals surface area contributed by atoms with Crippen LogP contribution in [0.15, 0.2) is 48.5 Å². The topological polar surface area (TPSA) is 61.4 Å². The van der Waals surface area contributed by atoms with E-state index in [0.29, 0.717) is 17.8 Å². The fourth-order valence-corrected chi connectivity index (χ4v) is 3.27. The quantitative estimate of drug-likeness (QED) is 0.871. The minimum absolute atomic E-state index is 0.0939. The number of anilines is 1. The number of nitrogens with zero attached hydrogens (tertiary/aromatic N) is 1. The van der Waals surface area contributed by atoms with Crippen molar-refractivity contribution in [1.82, 2.24) is 10.2 Å². The Bertz CT molecular complexity index is 786. The molecule has 1 atom stereocenters. The van der Waals surface area contributed by atoms with E-state index in [1.54, 1.807) is 24.3 Å². The van der Waals surface area contributed by atoms with E-state index < -0.39 is 0 Å². The average Bonchev–Trinajstić information content (AvgIpc) is 2.65. The lowest BCUT2D eigenvalue weighted by molar-refractivity contribution is -0.114. The molecule has 1 unspecified atom stereocenters. The van der Waals surface area contributed by atoms with Crippen LogP contribution in [-0.4, -0.2) is 35.8 Å². The van der Waals surface area contributed by atoms with Crippen LogP contribution in [0.2, 0.25) is 0 Å². The lowest BCUT2D eigenvalue weighted by atomic mass is 9.99. The molecule has 2 N–H and O–H groups in total. The molecule has 5 heteroatoms. The molecule has 26 heavy (non-hydrogen) atoms. The third-order valence-corrected chi connectivity index (χ3v) is 4.81. The summed E-state index contributed by atoms with van der Waals surface area (Å²) in [5, 5.41) is 5.71. The van der Waals surface area contributed by atoms with Gasteiger partial charge in [0, 0.05) is 43.9 Å². The van der Waals surface area contributed by atoms with Gasteiger partial charge in [-0.3, -0.25) is 14.5 Å². The van der Waals surface area contributed by atoms with Crippen molar-refractivity contribution >= 4 is 17.5 Å². The van der Waals surface area contributed by atoms with Crippen molar-refractivity contribution in [1.29, 1.82) is 0 Å². The molecule has 5 nitrogen and oxygen atoms in total. The minimum atomic E-state index is -0.126. The van der Waals surface area contributed by atoms with E-state index in [4.69, 9.17) is 0 Å². The van der Waals surface area contributed by atoms with Gasteiger partial charge in [-0.25, -0.2) is 0 Å². The van der Waals surface area contributed by atoms with Gasteiger partial charge in [-0.05, 0) is 48.7 Å². The number of hydrogen-bond acceptors (Lipinski definition) is 3. The predicted octanol–water partition coefficient (Wildman–Crippen LogP) is 2.82. The van der Waals surface area contributed by atoms with Gasteiger partial charge in [0.05, 0.1) is 0 Å². The molecule has 1 aliphatic heterocycles. The number of amides is 2. The van der Waals surface area contributed by atoms with Crippen molar-refractivity contribution in [3.05, 3.63) is 65.2 Å². The summed E-state index contributed by atoms with van der Waals surface area (Å²) in [7, 11) is 0. The first-order valence-electron chi connectivity index (χ1n) is 8.99. The molecular weight excluding hydrogens is 326 g/mol. The van der Waals surface area contributed by atoms with E-state index in [2.05, 4.69) is 46.7 Å². The Kier molecular flexibility index (Phi) is 5.68. The molecule has 0 fully saturated rings. The van der Waals surface area contributed by atoms with Gasteiger partial charge in [0.25, 0.3) is 5.91 Å². The number of nitrogens with one attached hydrogen (secondary N) is 2. The zero-order valence-corrected chi connectivity index (χ0v) is 15.3. The van der Waals surface area contributed by atoms with Gasteiger partial charge in [-0.15, -0.1) is 0 Å². The molecule has 3 rings (SSSR count). The second-order valence-corrected chi connectivity index (χ2v) is 6.81. The number of hydrogen-bond donors (Lipinski definition) is 2. The molecule has 0 aliphatic carbocycles. The van der Waals surface area contributed by atoms with Crippen molar-refractivity contribution in [2.24, 2.45) is 0 Å². The summed E-state index contributed by atoms with van der Waals surface area (Å²) in [5.41, 5.74) is 4.09. The summed E-state index contributed by atoms with van der Waals surface area (Å²) >= 11 is 0. The SMILES string of the molecule is CC(=O)Nc1ccc(C(=O)NCC(C)N2CCc3ccccc3C2)cc1. The molecule has 1 aliphatic rings. The van der Waals surface area contributed by atoms with Crippen LogP contribution in [0.3, 0.4) is 0 Å². The summed E-state index contributed by atoms with van der Waals surface area (Å²) in [4.78, 5) is 25.8. The number of carbonyl (C=O) groups excluding carboxylic acids is 2. The first kappa shape index (κ1) is 18.1. The fraction of sp³-hybridized carbons (Fsp3) is 0.333. The first-order chi connectivity index (χ1) is 12.5. The zero-order valence-electron chi connectivity index (χ0n) is 15.3. The van der Waals surface area contributed by atoms with E-state index in [9.17, 15) is 9.59 Å². The fourth-order valence-electron chi connectivity index (χ4n) is 3.27. The zero-order chi connectivity index (χ0) is 18.5. The second-order valence-electron chi connectivity index (χ2n) is 6.81. The summed E-state index contributed by atoms with van der Waals surface area (Å²) < 4.78 is 0.